The first-order valence-electron chi connectivity index (χ1n) is 11.2. The Morgan fingerprint density at radius 2 is 0.853 bits per heavy atom. The van der Waals surface area contributed by atoms with Crippen molar-refractivity contribution in [2.75, 3.05) is 0 Å². The zero-order valence-electron chi connectivity index (χ0n) is 17.9. The lowest BCUT2D eigenvalue weighted by Gasteiger charge is -2.08. The zero-order valence-corrected chi connectivity index (χ0v) is 19.5. The molecule has 0 fully saturated rings. The lowest BCUT2D eigenvalue weighted by atomic mass is 9.95. The van der Waals surface area contributed by atoms with Crippen LogP contribution in [0.4, 0.5) is 0 Å². The molecule has 2 nitrogen and oxygen atoms in total. The highest BCUT2D eigenvalue weighted by Crippen LogP contribution is 2.41. The summed E-state index contributed by atoms with van der Waals surface area (Å²) in [6.45, 7) is 0. The van der Waals surface area contributed by atoms with Crippen molar-refractivity contribution < 1.29 is 8.83 Å². The predicted octanol–water partition coefficient (Wildman–Crippen LogP) is 10.1. The summed E-state index contributed by atoms with van der Waals surface area (Å²) in [5.41, 5.74) is 1.90. The molecular weight excluding hydrogens is 456 g/mol. The molecule has 34 heavy (non-hydrogen) atoms. The van der Waals surface area contributed by atoms with Crippen molar-refractivity contribution in [3.63, 3.8) is 0 Å². The van der Waals surface area contributed by atoms with Crippen LogP contribution in [0.15, 0.2) is 105 Å². The fourth-order valence-corrected chi connectivity index (χ4v) is 6.47. The van der Waals surface area contributed by atoms with Gasteiger partial charge in [0.15, 0.2) is 0 Å². The van der Waals surface area contributed by atoms with Crippen LogP contribution in [-0.2, 0) is 0 Å². The van der Waals surface area contributed by atoms with E-state index in [2.05, 4.69) is 95.7 Å². The van der Waals surface area contributed by atoms with Crippen LogP contribution < -0.4 is 0 Å². The molecule has 8 aromatic rings. The second kappa shape index (κ2) is 6.83. The van der Waals surface area contributed by atoms with Gasteiger partial charge in [0, 0.05) is 21.5 Å². The Morgan fingerprint density at radius 1 is 0.441 bits per heavy atom. The van der Waals surface area contributed by atoms with Crippen LogP contribution in [-0.4, -0.2) is 0 Å². The van der Waals surface area contributed by atoms with E-state index in [4.69, 9.17) is 8.83 Å². The Kier molecular flexibility index (Phi) is 3.73. The molecule has 4 aromatic carbocycles. The highest BCUT2D eigenvalue weighted by Gasteiger charge is 2.15. The minimum absolute atomic E-state index is 0.929. The van der Waals surface area contributed by atoms with E-state index in [0.717, 1.165) is 54.0 Å². The third kappa shape index (κ3) is 2.55. The predicted molar refractivity (Wildman–Crippen MR) is 145 cm³/mol. The van der Waals surface area contributed by atoms with Gasteiger partial charge in [0.2, 0.25) is 0 Å². The van der Waals surface area contributed by atoms with E-state index >= 15 is 0 Å². The molecule has 0 amide bonds. The van der Waals surface area contributed by atoms with Gasteiger partial charge in [0.25, 0.3) is 0 Å². The summed E-state index contributed by atoms with van der Waals surface area (Å²) in [6.07, 6.45) is 0. The van der Waals surface area contributed by atoms with Gasteiger partial charge in [-0.25, -0.2) is 0 Å². The third-order valence-electron chi connectivity index (χ3n) is 6.68. The average molecular weight is 473 g/mol. The Balaban J connectivity index is 1.39. The van der Waals surface area contributed by atoms with E-state index in [-0.39, 0.29) is 0 Å². The van der Waals surface area contributed by atoms with Gasteiger partial charge >= 0.3 is 0 Å². The molecule has 0 aliphatic rings. The van der Waals surface area contributed by atoms with Gasteiger partial charge in [-0.15, -0.1) is 22.7 Å². The van der Waals surface area contributed by atoms with E-state index in [0.29, 0.717) is 0 Å². The Hall–Kier alpha value is -3.86. The summed E-state index contributed by atoms with van der Waals surface area (Å²) < 4.78 is 12.7. The van der Waals surface area contributed by atoms with Crippen molar-refractivity contribution >= 4 is 76.9 Å². The fourth-order valence-electron chi connectivity index (χ4n) is 5.11. The molecule has 160 valence electrons. The minimum atomic E-state index is 0.929. The Bertz CT molecular complexity index is 1850. The molecule has 8 rings (SSSR count). The molecule has 0 spiro atoms. The van der Waals surface area contributed by atoms with E-state index in [1.54, 1.807) is 22.7 Å². The average Bonchev–Trinajstić information content (AvgIpc) is 3.68. The van der Waals surface area contributed by atoms with Crippen LogP contribution in [0.2, 0.25) is 0 Å². The van der Waals surface area contributed by atoms with E-state index < -0.39 is 0 Å². The second-order valence-electron chi connectivity index (χ2n) is 8.56. The first-order valence-corrected chi connectivity index (χ1v) is 12.9. The molecule has 0 aliphatic heterocycles. The first kappa shape index (κ1) is 18.6. The Morgan fingerprint density at radius 3 is 1.29 bits per heavy atom. The van der Waals surface area contributed by atoms with Crippen molar-refractivity contribution in [2.45, 2.75) is 0 Å². The molecule has 0 unspecified atom stereocenters. The van der Waals surface area contributed by atoms with Gasteiger partial charge in [0.05, 0.1) is 9.75 Å². The van der Waals surface area contributed by atoms with Crippen LogP contribution in [0, 0.1) is 0 Å². The molecule has 4 heteroatoms. The van der Waals surface area contributed by atoms with Crippen molar-refractivity contribution in [2.24, 2.45) is 0 Å². The van der Waals surface area contributed by atoms with Crippen LogP contribution in [0.5, 0.6) is 0 Å². The monoisotopic (exact) mass is 472 g/mol. The fraction of sp³-hybridized carbons (Fsp3) is 0. The smallest absolute Gasteiger partial charge is 0.145 e. The van der Waals surface area contributed by atoms with Crippen molar-refractivity contribution in [1.82, 2.24) is 0 Å². The van der Waals surface area contributed by atoms with Gasteiger partial charge < -0.3 is 8.83 Å². The molecule has 4 heterocycles. The standard InChI is InChI=1S/C30H16O2S2/c1-3-27(33-13-1)25-15-17-5-7-21-19-10-12-24-22(20(19)9-11-23(21)29(17)31-25)8-6-18-16-26(32-30(18)24)28-4-2-14-34-28/h1-16H. The lowest BCUT2D eigenvalue weighted by Crippen LogP contribution is -1.82. The van der Waals surface area contributed by atoms with Crippen molar-refractivity contribution in [1.29, 1.82) is 0 Å². The molecule has 0 radical (unpaired) electrons. The molecule has 0 saturated heterocycles. The van der Waals surface area contributed by atoms with Gasteiger partial charge in [-0.05, 0) is 68.7 Å². The van der Waals surface area contributed by atoms with Gasteiger partial charge in [-0.3, -0.25) is 0 Å². The number of furan rings is 2. The molecule has 0 bridgehead atoms. The molecule has 4 aromatic heterocycles. The quantitative estimate of drug-likeness (QED) is 0.234. The van der Waals surface area contributed by atoms with E-state index in [1.807, 2.05) is 0 Å². The zero-order chi connectivity index (χ0) is 22.2. The van der Waals surface area contributed by atoms with E-state index in [1.165, 1.54) is 21.5 Å². The highest BCUT2D eigenvalue weighted by molar-refractivity contribution is 7.13. The van der Waals surface area contributed by atoms with Crippen LogP contribution in [0.25, 0.3) is 75.5 Å². The van der Waals surface area contributed by atoms with Crippen LogP contribution in [0.3, 0.4) is 0 Å². The number of hydrogen-bond donors (Lipinski definition) is 0. The second-order valence-corrected chi connectivity index (χ2v) is 10.5. The maximum Gasteiger partial charge on any atom is 0.145 e. The molecule has 0 N–H and O–H groups in total. The summed E-state index contributed by atoms with van der Waals surface area (Å²) >= 11 is 3.40. The summed E-state index contributed by atoms with van der Waals surface area (Å²) in [5.74, 6) is 1.86. The maximum atomic E-state index is 6.35. The van der Waals surface area contributed by atoms with Crippen molar-refractivity contribution in [3.8, 4) is 21.3 Å². The summed E-state index contributed by atoms with van der Waals surface area (Å²) in [7, 11) is 0. The third-order valence-corrected chi connectivity index (χ3v) is 8.45. The normalized spacial score (nSPS) is 12.1. The molecule has 0 saturated carbocycles. The number of benzene rings is 4. The number of hydrogen-bond acceptors (Lipinski definition) is 4. The number of rotatable bonds is 2. The number of thiophene rings is 2. The molecule has 0 aliphatic carbocycles. The molecule has 0 atom stereocenters. The largest absolute Gasteiger partial charge is 0.455 e. The first-order chi connectivity index (χ1) is 16.8. The topological polar surface area (TPSA) is 26.3 Å². The van der Waals surface area contributed by atoms with E-state index in [9.17, 15) is 0 Å². The van der Waals surface area contributed by atoms with Gasteiger partial charge in [-0.1, -0.05) is 48.5 Å². The molecular formula is C30H16O2S2. The lowest BCUT2D eigenvalue weighted by molar-refractivity contribution is 0.636. The maximum absolute atomic E-state index is 6.35. The van der Waals surface area contributed by atoms with Gasteiger partial charge in [-0.2, -0.15) is 0 Å². The highest BCUT2D eigenvalue weighted by atomic mass is 32.1. The minimum Gasteiger partial charge on any atom is -0.455 e. The van der Waals surface area contributed by atoms with Crippen LogP contribution >= 0.6 is 22.7 Å². The Labute approximate surface area is 202 Å². The van der Waals surface area contributed by atoms with Crippen LogP contribution in [0.1, 0.15) is 0 Å². The number of fused-ring (bicyclic) bond motifs is 9. The summed E-state index contributed by atoms with van der Waals surface area (Å²) in [6, 6.07) is 30.2. The summed E-state index contributed by atoms with van der Waals surface area (Å²) in [4.78, 5) is 2.31. The van der Waals surface area contributed by atoms with Crippen molar-refractivity contribution in [3.05, 3.63) is 95.7 Å². The SMILES string of the molecule is c1csc(-c2cc3ccc4c5ccc6c(ccc7cc(-c8cccs8)oc76)c5ccc4c3o2)c1. The van der Waals surface area contributed by atoms with Gasteiger partial charge in [0.1, 0.15) is 22.7 Å². The summed E-state index contributed by atoms with van der Waals surface area (Å²) in [5, 5.41) is 13.6.